The molecule has 0 bridgehead atoms. The molecular weight excluding hydrogens is 1610 g/mol. The van der Waals surface area contributed by atoms with Crippen LogP contribution in [0.2, 0.25) is 0 Å². The zero-order chi connectivity index (χ0) is 91.7. The van der Waals surface area contributed by atoms with Crippen molar-refractivity contribution in [1.29, 1.82) is 0 Å². The lowest BCUT2D eigenvalue weighted by atomic mass is 9.89. The number of amides is 14. The number of likely N-dealkylation sites (tertiary alicyclic amines) is 1. The Balaban J connectivity index is 1.40. The molecule has 4 rings (SSSR count). The van der Waals surface area contributed by atoms with Crippen LogP contribution in [0.25, 0.3) is 0 Å². The molecule has 16 N–H and O–H groups in total. The molecule has 2 aliphatic heterocycles. The minimum Gasteiger partial charge on any atom is -0.445 e. The second-order valence-electron chi connectivity index (χ2n) is 31.9. The van der Waals surface area contributed by atoms with Crippen molar-refractivity contribution in [3.05, 3.63) is 77.9 Å². The fourth-order valence-corrected chi connectivity index (χ4v) is 14.2. The lowest BCUT2D eigenvalue weighted by Gasteiger charge is -2.41. The number of nitrogens with two attached hydrogens (primary N) is 1. The van der Waals surface area contributed by atoms with Gasteiger partial charge in [-0.1, -0.05) is 111 Å². The van der Waals surface area contributed by atoms with E-state index >= 15 is 0 Å². The summed E-state index contributed by atoms with van der Waals surface area (Å²) in [4.78, 5) is 181. The van der Waals surface area contributed by atoms with Crippen LogP contribution in [0.5, 0.6) is 0 Å². The first-order valence-corrected chi connectivity index (χ1v) is 42.0. The van der Waals surface area contributed by atoms with Gasteiger partial charge < -0.3 is 122 Å². The number of benzene rings is 2. The summed E-state index contributed by atoms with van der Waals surface area (Å²) in [5, 5.41) is 81.8. The van der Waals surface area contributed by atoms with E-state index in [1.807, 2.05) is 19.9 Å². The Labute approximate surface area is 720 Å². The molecule has 14 amide bonds. The molecule has 1 unspecified atom stereocenters. The fraction of sp³-hybridized carbons (Fsp3) is 0.679. The first-order chi connectivity index (χ1) is 58.3. The predicted molar refractivity (Wildman–Crippen MR) is 448 cm³/mol. The first kappa shape index (κ1) is 106. The molecule has 123 heavy (non-hydrogen) atoms. The number of urea groups is 1. The van der Waals surface area contributed by atoms with E-state index in [0.717, 1.165) is 9.80 Å². The van der Waals surface area contributed by atoms with Gasteiger partial charge in [0.05, 0.1) is 121 Å². The van der Waals surface area contributed by atoms with Gasteiger partial charge in [-0.3, -0.25) is 62.5 Å². The maximum Gasteiger partial charge on any atom is 0.410 e. The number of hydrogen-bond donors (Lipinski definition) is 15. The van der Waals surface area contributed by atoms with Gasteiger partial charge >= 0.3 is 12.1 Å². The SMILES string of the molecule is CC[C@H](C)[C@@H]([C@@H](CC(=O)N1CCC[C@H]1[C@H](OC)[C@@H](C)C(=O)N[C@H](C)[C@@H](O)c1ccccc1)OC)N(C)C(=O)[C@@H](NC(=O)[C@H](C(C)C)N(C)C(=O)OCc1ccc(NC(=O)[C@H](CCCNC(N)=O)NC(=O)[C@@H](NC(=O)C(CCC(=O)NC[C@H](O)[C@@H](O)[C@H](O)[C@H](O)CO)NC(=O)CCOCCOCCOCCOCCN2C(=O)C=CC2=O)C(C)C)cc1)C(C)C. The summed E-state index contributed by atoms with van der Waals surface area (Å²) in [6.07, 6.45) is -8.12. The van der Waals surface area contributed by atoms with Crippen LogP contribution >= 0.6 is 0 Å². The topological polar surface area (TPSA) is 543 Å². The van der Waals surface area contributed by atoms with Crippen LogP contribution in [0.15, 0.2) is 66.7 Å². The highest BCUT2D eigenvalue weighted by Gasteiger charge is 2.45. The maximum atomic E-state index is 14.9. The number of anilines is 1. The summed E-state index contributed by atoms with van der Waals surface area (Å²) >= 11 is 0. The lowest BCUT2D eigenvalue weighted by Crippen LogP contribution is -2.60. The number of aliphatic hydroxyl groups excluding tert-OH is 6. The third-order valence-electron chi connectivity index (χ3n) is 21.6. The average molecular weight is 1740 g/mol. The number of ether oxygens (including phenoxy) is 7. The molecule has 2 aromatic rings. The molecule has 692 valence electrons. The molecule has 39 nitrogen and oxygen atoms in total. The van der Waals surface area contributed by atoms with Crippen molar-refractivity contribution in [2.45, 2.75) is 225 Å². The van der Waals surface area contributed by atoms with Crippen molar-refractivity contribution in [1.82, 2.24) is 56.8 Å². The lowest BCUT2D eigenvalue weighted by molar-refractivity contribution is -0.148. The Kier molecular flexibility index (Phi) is 47.4. The van der Waals surface area contributed by atoms with Gasteiger partial charge in [0, 0.05) is 78.6 Å². The molecule has 0 aliphatic carbocycles. The summed E-state index contributed by atoms with van der Waals surface area (Å²) < 4.78 is 39.7. The van der Waals surface area contributed by atoms with E-state index in [-0.39, 0.29) is 122 Å². The number of hydrogen-bond acceptors (Lipinski definition) is 26. The molecule has 2 aliphatic rings. The fourth-order valence-electron chi connectivity index (χ4n) is 14.2. The quantitative estimate of drug-likeness (QED) is 0.0301. The molecule has 0 spiro atoms. The largest absolute Gasteiger partial charge is 0.445 e. The summed E-state index contributed by atoms with van der Waals surface area (Å²) in [6.45, 7) is 17.1. The van der Waals surface area contributed by atoms with Crippen molar-refractivity contribution < 1.29 is 126 Å². The van der Waals surface area contributed by atoms with E-state index in [2.05, 4.69) is 42.5 Å². The molecule has 2 aromatic carbocycles. The summed E-state index contributed by atoms with van der Waals surface area (Å²) in [5.74, 6) is -9.18. The third-order valence-corrected chi connectivity index (χ3v) is 21.6. The van der Waals surface area contributed by atoms with Crippen molar-refractivity contribution in [2.24, 2.45) is 35.3 Å². The Bertz CT molecular complexity index is 3680. The number of nitrogens with one attached hydrogen (secondary N) is 8. The van der Waals surface area contributed by atoms with E-state index in [4.69, 9.17) is 44.0 Å². The van der Waals surface area contributed by atoms with Crippen molar-refractivity contribution in [3.8, 4) is 0 Å². The summed E-state index contributed by atoms with van der Waals surface area (Å²) in [7, 11) is 5.97. The van der Waals surface area contributed by atoms with Crippen LogP contribution in [0.4, 0.5) is 15.3 Å². The second kappa shape index (κ2) is 55.1. The minimum atomic E-state index is -2.00. The van der Waals surface area contributed by atoms with Crippen LogP contribution in [-0.2, 0) is 92.5 Å². The van der Waals surface area contributed by atoms with E-state index in [1.54, 1.807) is 104 Å². The number of methoxy groups -OCH3 is 2. The van der Waals surface area contributed by atoms with Gasteiger partial charge in [-0.15, -0.1) is 0 Å². The first-order valence-electron chi connectivity index (χ1n) is 42.0. The number of carbonyl (C=O) groups excluding carboxylic acids is 13. The predicted octanol–water partition coefficient (Wildman–Crippen LogP) is -0.210. The zero-order valence-corrected chi connectivity index (χ0v) is 73.4. The Morgan fingerprint density at radius 3 is 1.74 bits per heavy atom. The van der Waals surface area contributed by atoms with Gasteiger partial charge in [-0.05, 0) is 86.0 Å². The van der Waals surface area contributed by atoms with E-state index in [0.29, 0.717) is 36.9 Å². The van der Waals surface area contributed by atoms with E-state index < -0.39 is 206 Å². The Morgan fingerprint density at radius 1 is 0.602 bits per heavy atom. The van der Waals surface area contributed by atoms with E-state index in [9.17, 15) is 87.9 Å². The number of imide groups is 1. The molecule has 39 heteroatoms. The average Bonchev–Trinajstić information content (AvgIpc) is 1.76. The van der Waals surface area contributed by atoms with E-state index in [1.165, 1.54) is 50.5 Å². The van der Waals surface area contributed by atoms with Crippen LogP contribution in [0.3, 0.4) is 0 Å². The number of likely N-dealkylation sites (N-methyl/N-ethyl adjacent to an activating group) is 2. The van der Waals surface area contributed by atoms with Gasteiger partial charge in [0.25, 0.3) is 11.8 Å². The second-order valence-corrected chi connectivity index (χ2v) is 31.9. The van der Waals surface area contributed by atoms with Crippen molar-refractivity contribution in [3.63, 3.8) is 0 Å². The van der Waals surface area contributed by atoms with Crippen LogP contribution < -0.4 is 48.3 Å². The molecule has 0 aromatic heterocycles. The Hall–Kier alpha value is -9.39. The van der Waals surface area contributed by atoms with Gasteiger partial charge in [0.2, 0.25) is 53.2 Å². The number of primary amides is 1. The Morgan fingerprint density at radius 2 is 1.18 bits per heavy atom. The number of rotatable bonds is 58. The molecule has 0 saturated carbocycles. The van der Waals surface area contributed by atoms with Gasteiger partial charge in [-0.2, -0.15) is 0 Å². The maximum absolute atomic E-state index is 14.9. The van der Waals surface area contributed by atoms with Gasteiger partial charge in [-0.25, -0.2) is 9.59 Å². The van der Waals surface area contributed by atoms with Crippen molar-refractivity contribution >= 4 is 82.8 Å². The molecular formula is C84H135N13O26. The van der Waals surface area contributed by atoms with Crippen molar-refractivity contribution in [2.75, 3.05) is 119 Å². The highest BCUT2D eigenvalue weighted by atomic mass is 16.6. The zero-order valence-electron chi connectivity index (χ0n) is 73.4. The molecule has 17 atom stereocenters. The number of carbonyl (C=O) groups is 13. The highest BCUT2D eigenvalue weighted by Crippen LogP contribution is 2.31. The highest BCUT2D eigenvalue weighted by molar-refractivity contribution is 6.13. The molecule has 1 saturated heterocycles. The normalized spacial score (nSPS) is 17.3. The third kappa shape index (κ3) is 34.9. The van der Waals surface area contributed by atoms with Crippen LogP contribution in [-0.4, -0.2) is 326 Å². The monoisotopic (exact) mass is 1740 g/mol. The van der Waals surface area contributed by atoms with Crippen LogP contribution in [0.1, 0.15) is 144 Å². The minimum absolute atomic E-state index is 0.0116. The smallest absolute Gasteiger partial charge is 0.410 e. The molecule has 0 radical (unpaired) electrons. The summed E-state index contributed by atoms with van der Waals surface area (Å²) in [6, 6.07) is 5.96. The molecule has 2 heterocycles. The summed E-state index contributed by atoms with van der Waals surface area (Å²) in [5.41, 5.74) is 6.62. The molecule has 1 fully saturated rings. The number of nitrogens with zero attached hydrogens (tertiary/aromatic N) is 4. The van der Waals surface area contributed by atoms with Gasteiger partial charge in [0.15, 0.2) is 0 Å². The van der Waals surface area contributed by atoms with Crippen LogP contribution in [0, 0.1) is 29.6 Å². The standard InChI is InChI=1S/C84H135N13O26/c1-15-52(8)72(63(117-13)45-68(105)96-35-20-24-60(96)76(118-14)53(9)77(109)88-54(10)73(106)56-21-17-16-18-22-56)94(11)82(114)70(50(4)5)93-81(113)71(51(6)7)95(12)84(116)123-48-55-25-27-57(28-26-55)89-78(110)58(23-19-34-86-83(85)115)91-80(112)69(49(2)3)92-79(111)59(29-30-64(101)87-46-61(99)74(107)75(108)62(100)47-98)90-65(102)33-37-119-39-41-121-43-44-122-42-40-120-38-36-97-66(103)31-32-67(97)104/h16-18,21-22,25-28,31-32,49-54,58-63,69-76,98-100,106-108H,15,19-20,23-24,29-30,33-48H2,1-14H3,(H,87,101)(H,88,109)(H,89,110)(H,90,102)(H,91,112)(H,92,111)(H,93,113)(H3,85,86,115)/t52-,53+,54+,58-,59?,60-,61-,62+,63+,69-,70-,71-,72-,73+,74+,75+,76+/m0/s1. The number of aliphatic hydroxyl groups is 6. The van der Waals surface area contributed by atoms with Gasteiger partial charge in [0.1, 0.15) is 55.1 Å².